The predicted molar refractivity (Wildman–Crippen MR) is 81.8 cm³/mol. The van der Waals surface area contributed by atoms with Crippen LogP contribution in [0.4, 0.5) is 11.4 Å². The van der Waals surface area contributed by atoms with E-state index in [1.165, 1.54) is 37.4 Å². The van der Waals surface area contributed by atoms with Crippen LogP contribution in [-0.4, -0.2) is 17.0 Å². The van der Waals surface area contributed by atoms with Crippen molar-refractivity contribution in [2.24, 2.45) is 0 Å². The summed E-state index contributed by atoms with van der Waals surface area (Å²) < 4.78 is 10.6. The molecule has 0 aromatic heterocycles. The number of benzene rings is 2. The number of rotatable bonds is 6. The van der Waals surface area contributed by atoms with Gasteiger partial charge in [0, 0.05) is 12.1 Å². The zero-order valence-electron chi connectivity index (χ0n) is 12.5. The largest absolute Gasteiger partial charge is 0.496 e. The van der Waals surface area contributed by atoms with Crippen LogP contribution in [0, 0.1) is 20.2 Å². The molecule has 8 heteroatoms. The molecule has 0 unspecified atom stereocenters. The topological polar surface area (TPSA) is 105 Å². The van der Waals surface area contributed by atoms with Crippen molar-refractivity contribution >= 4 is 11.4 Å². The van der Waals surface area contributed by atoms with E-state index in [0.29, 0.717) is 11.3 Å². The Balaban J connectivity index is 2.29. The van der Waals surface area contributed by atoms with E-state index in [0.717, 1.165) is 0 Å². The Bertz CT molecular complexity index is 746. The van der Waals surface area contributed by atoms with E-state index in [9.17, 15) is 20.2 Å². The number of methoxy groups -OCH3 is 1. The van der Waals surface area contributed by atoms with Crippen LogP contribution in [0.2, 0.25) is 0 Å². The molecule has 0 spiro atoms. The third-order valence-corrected chi connectivity index (χ3v) is 3.22. The number of nitrogens with zero attached hydrogens (tertiary/aromatic N) is 2. The SMILES string of the molecule is COc1ccc(O[C@@H](C)c2cccc([N+](=O)[O-])c2)c([N+](=O)[O-])c1. The van der Waals surface area contributed by atoms with E-state index < -0.39 is 16.0 Å². The number of hydrogen-bond acceptors (Lipinski definition) is 6. The van der Waals surface area contributed by atoms with Crippen molar-refractivity contribution in [3.63, 3.8) is 0 Å². The molecule has 0 amide bonds. The minimum Gasteiger partial charge on any atom is -0.496 e. The minimum absolute atomic E-state index is 0.0646. The molecular formula is C15H14N2O6. The van der Waals surface area contributed by atoms with E-state index in [4.69, 9.17) is 9.47 Å². The summed E-state index contributed by atoms with van der Waals surface area (Å²) in [5, 5.41) is 21.9. The number of non-ortho nitro benzene ring substituents is 1. The number of ether oxygens (including phenoxy) is 2. The normalized spacial score (nSPS) is 11.6. The van der Waals surface area contributed by atoms with E-state index in [1.54, 1.807) is 19.1 Å². The first kappa shape index (κ1) is 16.2. The van der Waals surface area contributed by atoms with Crippen LogP contribution in [0.15, 0.2) is 42.5 Å². The first-order valence-electron chi connectivity index (χ1n) is 6.66. The molecule has 0 aliphatic carbocycles. The molecule has 0 fully saturated rings. The average Bonchev–Trinajstić information content (AvgIpc) is 2.55. The lowest BCUT2D eigenvalue weighted by atomic mass is 10.1. The molecular weight excluding hydrogens is 304 g/mol. The average molecular weight is 318 g/mol. The van der Waals surface area contributed by atoms with Crippen LogP contribution in [0.5, 0.6) is 11.5 Å². The molecule has 2 rings (SSSR count). The van der Waals surface area contributed by atoms with Crippen molar-refractivity contribution < 1.29 is 19.3 Å². The molecule has 0 saturated carbocycles. The third kappa shape index (κ3) is 3.73. The van der Waals surface area contributed by atoms with Gasteiger partial charge in [-0.05, 0) is 24.6 Å². The Morgan fingerprint density at radius 2 is 1.78 bits per heavy atom. The first-order valence-corrected chi connectivity index (χ1v) is 6.66. The predicted octanol–water partition coefficient (Wildman–Crippen LogP) is 3.65. The van der Waals surface area contributed by atoms with E-state index in [1.807, 2.05) is 0 Å². The van der Waals surface area contributed by atoms with Gasteiger partial charge >= 0.3 is 5.69 Å². The molecule has 120 valence electrons. The van der Waals surface area contributed by atoms with Crippen molar-refractivity contribution in [1.29, 1.82) is 0 Å². The zero-order valence-corrected chi connectivity index (χ0v) is 12.5. The van der Waals surface area contributed by atoms with E-state index in [-0.39, 0.29) is 17.1 Å². The molecule has 2 aromatic rings. The summed E-state index contributed by atoms with van der Waals surface area (Å²) in [5.74, 6) is 0.404. The summed E-state index contributed by atoms with van der Waals surface area (Å²) in [7, 11) is 1.41. The van der Waals surface area contributed by atoms with Gasteiger partial charge in [0.05, 0.1) is 23.0 Å². The summed E-state index contributed by atoms with van der Waals surface area (Å²) >= 11 is 0. The molecule has 0 aliphatic heterocycles. The first-order chi connectivity index (χ1) is 10.9. The van der Waals surface area contributed by atoms with Gasteiger partial charge in [-0.25, -0.2) is 0 Å². The fourth-order valence-electron chi connectivity index (χ4n) is 2.02. The number of nitro benzene ring substituents is 2. The lowest BCUT2D eigenvalue weighted by Gasteiger charge is -2.15. The molecule has 0 heterocycles. The zero-order chi connectivity index (χ0) is 17.0. The number of hydrogen-bond donors (Lipinski definition) is 0. The molecule has 2 aromatic carbocycles. The lowest BCUT2D eigenvalue weighted by molar-refractivity contribution is -0.386. The Morgan fingerprint density at radius 3 is 2.39 bits per heavy atom. The van der Waals surface area contributed by atoms with Crippen LogP contribution in [0.1, 0.15) is 18.6 Å². The smallest absolute Gasteiger partial charge is 0.314 e. The van der Waals surface area contributed by atoms with Crippen molar-refractivity contribution in [3.05, 3.63) is 68.3 Å². The van der Waals surface area contributed by atoms with Gasteiger partial charge in [-0.2, -0.15) is 0 Å². The lowest BCUT2D eigenvalue weighted by Crippen LogP contribution is -2.05. The van der Waals surface area contributed by atoms with Crippen LogP contribution in [0.25, 0.3) is 0 Å². The molecule has 0 aliphatic rings. The summed E-state index contributed by atoms with van der Waals surface area (Å²) in [6.07, 6.45) is -0.595. The molecule has 8 nitrogen and oxygen atoms in total. The third-order valence-electron chi connectivity index (χ3n) is 3.22. The van der Waals surface area contributed by atoms with Gasteiger partial charge in [-0.1, -0.05) is 12.1 Å². The Kier molecular flexibility index (Phi) is 4.75. The Hall–Kier alpha value is -3.16. The maximum atomic E-state index is 11.1. The van der Waals surface area contributed by atoms with Gasteiger partial charge in [-0.3, -0.25) is 20.2 Å². The quantitative estimate of drug-likeness (QED) is 0.594. The second kappa shape index (κ2) is 6.73. The molecule has 0 bridgehead atoms. The molecule has 0 N–H and O–H groups in total. The molecule has 0 saturated heterocycles. The second-order valence-electron chi connectivity index (χ2n) is 4.70. The maximum Gasteiger partial charge on any atom is 0.314 e. The summed E-state index contributed by atoms with van der Waals surface area (Å²) in [6, 6.07) is 10.2. The van der Waals surface area contributed by atoms with E-state index in [2.05, 4.69) is 0 Å². The summed E-state index contributed by atoms with van der Waals surface area (Å²) in [5.41, 5.74) is 0.244. The Labute approximate surface area is 131 Å². The van der Waals surface area contributed by atoms with Crippen LogP contribution >= 0.6 is 0 Å². The summed E-state index contributed by atoms with van der Waals surface area (Å²) in [4.78, 5) is 20.9. The molecule has 0 radical (unpaired) electrons. The van der Waals surface area contributed by atoms with Gasteiger partial charge in [0.1, 0.15) is 11.9 Å². The van der Waals surface area contributed by atoms with Crippen LogP contribution in [-0.2, 0) is 0 Å². The van der Waals surface area contributed by atoms with Gasteiger partial charge in [-0.15, -0.1) is 0 Å². The molecule has 1 atom stereocenters. The van der Waals surface area contributed by atoms with Crippen LogP contribution in [0.3, 0.4) is 0 Å². The van der Waals surface area contributed by atoms with Crippen LogP contribution < -0.4 is 9.47 Å². The highest BCUT2D eigenvalue weighted by Crippen LogP contribution is 2.34. The fourth-order valence-corrected chi connectivity index (χ4v) is 2.02. The standard InChI is InChI=1S/C15H14N2O6/c1-10(11-4-3-5-12(8-11)16(18)19)23-15-7-6-13(22-2)9-14(15)17(20)21/h3-10H,1-2H3/t10-/m0/s1. The van der Waals surface area contributed by atoms with Crippen molar-refractivity contribution in [2.75, 3.05) is 7.11 Å². The van der Waals surface area contributed by atoms with Crippen molar-refractivity contribution in [2.45, 2.75) is 13.0 Å². The monoisotopic (exact) mass is 318 g/mol. The van der Waals surface area contributed by atoms with Gasteiger partial charge in [0.15, 0.2) is 5.75 Å². The fraction of sp³-hybridized carbons (Fsp3) is 0.200. The Morgan fingerprint density at radius 1 is 1.04 bits per heavy atom. The van der Waals surface area contributed by atoms with Gasteiger partial charge < -0.3 is 9.47 Å². The summed E-state index contributed by atoms with van der Waals surface area (Å²) in [6.45, 7) is 1.66. The van der Waals surface area contributed by atoms with Gasteiger partial charge in [0.2, 0.25) is 0 Å². The van der Waals surface area contributed by atoms with Crippen molar-refractivity contribution in [3.8, 4) is 11.5 Å². The molecule has 23 heavy (non-hydrogen) atoms. The van der Waals surface area contributed by atoms with Crippen molar-refractivity contribution in [1.82, 2.24) is 0 Å². The maximum absolute atomic E-state index is 11.1. The highest BCUT2D eigenvalue weighted by Gasteiger charge is 2.20. The second-order valence-corrected chi connectivity index (χ2v) is 4.70. The van der Waals surface area contributed by atoms with E-state index >= 15 is 0 Å². The highest BCUT2D eigenvalue weighted by molar-refractivity contribution is 5.51. The highest BCUT2D eigenvalue weighted by atomic mass is 16.6. The van der Waals surface area contributed by atoms with Gasteiger partial charge in [0.25, 0.3) is 5.69 Å². The minimum atomic E-state index is -0.595. The number of nitro groups is 2.